The predicted octanol–water partition coefficient (Wildman–Crippen LogP) is 1.25. The minimum Gasteiger partial charge on any atom is -0.340 e. The van der Waals surface area contributed by atoms with Gasteiger partial charge in [0.05, 0.1) is 0 Å². The number of amides is 2. The summed E-state index contributed by atoms with van der Waals surface area (Å²) in [6, 6.07) is -0.444. The molecule has 2 unspecified atom stereocenters. The van der Waals surface area contributed by atoms with Gasteiger partial charge in [-0.3, -0.25) is 9.59 Å². The molecule has 1 saturated heterocycles. The van der Waals surface area contributed by atoms with Gasteiger partial charge in [-0.05, 0) is 20.3 Å². The Kier molecular flexibility index (Phi) is 3.97. The van der Waals surface area contributed by atoms with Crippen LogP contribution in [-0.4, -0.2) is 34.8 Å². The minimum atomic E-state index is -0.788. The van der Waals surface area contributed by atoms with Gasteiger partial charge >= 0.3 is 0 Å². The monoisotopic (exact) mass is 244 g/mol. The summed E-state index contributed by atoms with van der Waals surface area (Å²) in [5.41, 5.74) is 0.569. The van der Waals surface area contributed by atoms with Gasteiger partial charge in [0.2, 0.25) is 11.8 Å². The van der Waals surface area contributed by atoms with Crippen LogP contribution in [0.2, 0.25) is 0 Å². The van der Waals surface area contributed by atoms with Crippen molar-refractivity contribution in [2.24, 2.45) is 0 Å². The van der Waals surface area contributed by atoms with Gasteiger partial charge in [0, 0.05) is 12.1 Å². The Morgan fingerprint density at radius 1 is 1.56 bits per heavy atom. The average Bonchev–Trinajstić information content (AvgIpc) is 2.27. The highest BCUT2D eigenvalue weighted by atomic mass is 35.5. The molecule has 0 aromatic carbocycles. The second-order valence-electron chi connectivity index (χ2n) is 4.17. The van der Waals surface area contributed by atoms with Crippen LogP contribution in [0.5, 0.6) is 0 Å². The Morgan fingerprint density at radius 3 is 2.69 bits per heavy atom. The first-order valence-electron chi connectivity index (χ1n) is 5.34. The molecule has 0 spiro atoms. The number of nitrogens with zero attached hydrogens (tertiary/aromatic N) is 1. The quantitative estimate of drug-likeness (QED) is 0.813. The molecule has 1 N–H and O–H groups in total. The van der Waals surface area contributed by atoms with E-state index in [1.807, 2.05) is 6.92 Å². The van der Waals surface area contributed by atoms with E-state index in [0.717, 1.165) is 0 Å². The standard InChI is InChI=1S/C11H17ClN2O2/c1-4-11(3)10(16)14(7-5-6-12)8(2)9(15)13-11/h5-6,8H,4,7H2,1-3H3,(H,13,15)/b6-5+. The molecule has 0 aliphatic carbocycles. The van der Waals surface area contributed by atoms with Crippen LogP contribution >= 0.6 is 11.6 Å². The Hall–Kier alpha value is -1.03. The minimum absolute atomic E-state index is 0.0585. The first-order chi connectivity index (χ1) is 7.46. The topological polar surface area (TPSA) is 49.4 Å². The Balaban J connectivity index is 2.95. The van der Waals surface area contributed by atoms with Gasteiger partial charge in [0.15, 0.2) is 0 Å². The van der Waals surface area contributed by atoms with E-state index >= 15 is 0 Å². The fourth-order valence-electron chi connectivity index (χ4n) is 1.70. The van der Waals surface area contributed by atoms with E-state index in [-0.39, 0.29) is 11.8 Å². The molecule has 0 bridgehead atoms. The molecule has 0 radical (unpaired) electrons. The summed E-state index contributed by atoms with van der Waals surface area (Å²) in [7, 11) is 0. The number of carbonyl (C=O) groups is 2. The number of hydrogen-bond donors (Lipinski definition) is 1. The van der Waals surface area contributed by atoms with Gasteiger partial charge in [-0.2, -0.15) is 0 Å². The van der Waals surface area contributed by atoms with E-state index in [0.29, 0.717) is 13.0 Å². The van der Waals surface area contributed by atoms with E-state index in [1.54, 1.807) is 24.8 Å². The summed E-state index contributed by atoms with van der Waals surface area (Å²) in [5, 5.41) is 2.76. The van der Waals surface area contributed by atoms with Crippen LogP contribution < -0.4 is 5.32 Å². The smallest absolute Gasteiger partial charge is 0.248 e. The summed E-state index contributed by atoms with van der Waals surface area (Å²) in [6.45, 7) is 5.71. The molecule has 1 fully saturated rings. The fourth-order valence-corrected chi connectivity index (χ4v) is 1.78. The molecular formula is C11H17ClN2O2. The van der Waals surface area contributed by atoms with Gasteiger partial charge in [-0.25, -0.2) is 0 Å². The molecule has 0 saturated carbocycles. The van der Waals surface area contributed by atoms with Crippen molar-refractivity contribution in [1.82, 2.24) is 10.2 Å². The Morgan fingerprint density at radius 2 is 2.19 bits per heavy atom. The van der Waals surface area contributed by atoms with E-state index in [4.69, 9.17) is 11.6 Å². The van der Waals surface area contributed by atoms with Crippen molar-refractivity contribution >= 4 is 23.4 Å². The van der Waals surface area contributed by atoms with Gasteiger partial charge in [0.1, 0.15) is 11.6 Å². The molecule has 5 heteroatoms. The maximum absolute atomic E-state index is 12.2. The van der Waals surface area contributed by atoms with Gasteiger partial charge in [-0.1, -0.05) is 24.6 Å². The van der Waals surface area contributed by atoms with Crippen LogP contribution in [0.15, 0.2) is 11.6 Å². The molecule has 0 aromatic heterocycles. The number of carbonyl (C=O) groups excluding carboxylic acids is 2. The predicted molar refractivity (Wildman–Crippen MR) is 63.0 cm³/mol. The van der Waals surface area contributed by atoms with Crippen molar-refractivity contribution in [1.29, 1.82) is 0 Å². The fraction of sp³-hybridized carbons (Fsp3) is 0.636. The number of rotatable bonds is 3. The van der Waals surface area contributed by atoms with Gasteiger partial charge in [-0.15, -0.1) is 0 Å². The lowest BCUT2D eigenvalue weighted by Gasteiger charge is -2.42. The van der Waals surface area contributed by atoms with Crippen molar-refractivity contribution < 1.29 is 9.59 Å². The molecule has 2 amide bonds. The van der Waals surface area contributed by atoms with Gasteiger partial charge in [0.25, 0.3) is 0 Å². The zero-order chi connectivity index (χ0) is 12.3. The molecule has 1 rings (SSSR count). The zero-order valence-corrected chi connectivity index (χ0v) is 10.5. The SMILES string of the molecule is CCC1(C)NC(=O)C(C)N(C/C=C/Cl)C1=O. The lowest BCUT2D eigenvalue weighted by molar-refractivity contribution is -0.153. The Bertz CT molecular complexity index is 330. The normalized spacial score (nSPS) is 31.0. The van der Waals surface area contributed by atoms with E-state index < -0.39 is 11.6 Å². The summed E-state index contributed by atoms with van der Waals surface area (Å²) in [4.78, 5) is 25.4. The van der Waals surface area contributed by atoms with Crippen LogP contribution in [0.1, 0.15) is 27.2 Å². The van der Waals surface area contributed by atoms with Crippen molar-refractivity contribution in [2.45, 2.75) is 38.8 Å². The number of piperazine rings is 1. The lowest BCUT2D eigenvalue weighted by Crippen LogP contribution is -2.68. The van der Waals surface area contributed by atoms with Crippen molar-refractivity contribution in [3.8, 4) is 0 Å². The highest BCUT2D eigenvalue weighted by molar-refractivity contribution is 6.25. The second kappa shape index (κ2) is 4.87. The van der Waals surface area contributed by atoms with Crippen LogP contribution in [0.25, 0.3) is 0 Å². The molecule has 16 heavy (non-hydrogen) atoms. The number of hydrogen-bond acceptors (Lipinski definition) is 2. The molecule has 4 nitrogen and oxygen atoms in total. The van der Waals surface area contributed by atoms with Crippen molar-refractivity contribution in [3.63, 3.8) is 0 Å². The molecular weight excluding hydrogens is 228 g/mol. The van der Waals surface area contributed by atoms with Gasteiger partial charge < -0.3 is 10.2 Å². The molecule has 90 valence electrons. The third-order valence-corrected chi connectivity index (χ3v) is 3.26. The maximum atomic E-state index is 12.2. The first-order valence-corrected chi connectivity index (χ1v) is 5.78. The molecule has 1 aliphatic heterocycles. The molecule has 1 heterocycles. The zero-order valence-electron chi connectivity index (χ0n) is 9.79. The summed E-state index contributed by atoms with van der Waals surface area (Å²) in [6.07, 6.45) is 2.23. The summed E-state index contributed by atoms with van der Waals surface area (Å²) >= 11 is 5.44. The first kappa shape index (κ1) is 13.0. The number of halogens is 1. The van der Waals surface area contributed by atoms with E-state index in [9.17, 15) is 9.59 Å². The van der Waals surface area contributed by atoms with Crippen LogP contribution in [0.4, 0.5) is 0 Å². The second-order valence-corrected chi connectivity index (χ2v) is 4.42. The van der Waals surface area contributed by atoms with Crippen molar-refractivity contribution in [3.05, 3.63) is 11.6 Å². The maximum Gasteiger partial charge on any atom is 0.248 e. The molecule has 0 aromatic rings. The highest BCUT2D eigenvalue weighted by Gasteiger charge is 2.44. The largest absolute Gasteiger partial charge is 0.340 e. The highest BCUT2D eigenvalue weighted by Crippen LogP contribution is 2.21. The molecule has 2 atom stereocenters. The Labute approximate surface area is 101 Å². The summed E-state index contributed by atoms with van der Waals surface area (Å²) < 4.78 is 0. The third kappa shape index (κ3) is 2.21. The average molecular weight is 245 g/mol. The van der Waals surface area contributed by atoms with E-state index in [1.165, 1.54) is 5.54 Å². The van der Waals surface area contributed by atoms with Crippen LogP contribution in [0, 0.1) is 0 Å². The van der Waals surface area contributed by atoms with Crippen LogP contribution in [-0.2, 0) is 9.59 Å². The van der Waals surface area contributed by atoms with Crippen molar-refractivity contribution in [2.75, 3.05) is 6.54 Å². The lowest BCUT2D eigenvalue weighted by atomic mass is 9.92. The number of nitrogens with one attached hydrogen (secondary N) is 1. The third-order valence-electron chi connectivity index (χ3n) is 3.08. The molecule has 1 aliphatic rings. The summed E-state index contributed by atoms with van der Waals surface area (Å²) in [5.74, 6) is -0.177. The van der Waals surface area contributed by atoms with E-state index in [2.05, 4.69) is 5.32 Å². The van der Waals surface area contributed by atoms with Crippen LogP contribution in [0.3, 0.4) is 0 Å².